The number of benzene rings is 1. The van der Waals surface area contributed by atoms with E-state index in [-0.39, 0.29) is 29.7 Å². The quantitative estimate of drug-likeness (QED) is 0.191. The van der Waals surface area contributed by atoms with Crippen molar-refractivity contribution in [3.05, 3.63) is 33.8 Å². The molecule has 2 N–H and O–H groups in total. The van der Waals surface area contributed by atoms with Gasteiger partial charge in [0.15, 0.2) is 0 Å². The normalized spacial score (nSPS) is 17.9. The molecular weight excluding hydrogens is 516 g/mol. The van der Waals surface area contributed by atoms with Crippen LogP contribution in [0.3, 0.4) is 0 Å². The minimum absolute atomic E-state index is 0.118. The largest absolute Gasteiger partial charge is 0.428 e. The molecule has 1 amide bonds. The van der Waals surface area contributed by atoms with Gasteiger partial charge in [-0.1, -0.05) is 62.4 Å². The van der Waals surface area contributed by atoms with Crippen LogP contribution < -0.4 is 0 Å². The molecule has 0 radical (unpaired) electrons. The first-order chi connectivity index (χ1) is 16.4. The zero-order valence-corrected chi connectivity index (χ0v) is 22.9. The lowest BCUT2D eigenvalue weighted by atomic mass is 9.91. The molecule has 11 heteroatoms. The second-order valence-corrected chi connectivity index (χ2v) is 12.7. The molecule has 0 bridgehead atoms. The Hall–Kier alpha value is -1.31. The first kappa shape index (κ1) is 29.9. The van der Waals surface area contributed by atoms with Gasteiger partial charge in [-0.05, 0) is 43.4 Å². The molecular formula is C24H36Cl2NO7P. The van der Waals surface area contributed by atoms with Gasteiger partial charge in [-0.2, -0.15) is 0 Å². The van der Waals surface area contributed by atoms with Gasteiger partial charge in [-0.25, -0.2) is 4.79 Å². The molecule has 0 aromatic heterocycles. The Bertz CT molecular complexity index is 908. The van der Waals surface area contributed by atoms with Gasteiger partial charge in [0, 0.05) is 18.7 Å². The molecule has 2 rings (SSSR count). The van der Waals surface area contributed by atoms with Crippen LogP contribution in [0, 0.1) is 11.8 Å². The summed E-state index contributed by atoms with van der Waals surface area (Å²) in [6.07, 6.45) is 2.78. The van der Waals surface area contributed by atoms with Crippen LogP contribution in [0.5, 0.6) is 0 Å². The van der Waals surface area contributed by atoms with Crippen molar-refractivity contribution >= 4 is 42.6 Å². The summed E-state index contributed by atoms with van der Waals surface area (Å²) in [5, 5.41) is 11.5. The molecule has 0 saturated heterocycles. The van der Waals surface area contributed by atoms with Gasteiger partial charge in [-0.15, -0.1) is 0 Å². The molecule has 35 heavy (non-hydrogen) atoms. The summed E-state index contributed by atoms with van der Waals surface area (Å²) in [5.74, 6) is -0.719. The molecule has 1 saturated carbocycles. The number of hydrogen-bond acceptors (Lipinski definition) is 6. The van der Waals surface area contributed by atoms with E-state index in [2.05, 4.69) is 0 Å². The van der Waals surface area contributed by atoms with Crippen molar-refractivity contribution in [3.8, 4) is 0 Å². The van der Waals surface area contributed by atoms with E-state index in [4.69, 9.17) is 32.7 Å². The van der Waals surface area contributed by atoms with Gasteiger partial charge in [0.1, 0.15) is 6.23 Å². The number of carbonyl (C=O) groups is 2. The Morgan fingerprint density at radius 2 is 1.77 bits per heavy atom. The first-order valence-corrected chi connectivity index (χ1v) is 14.8. The van der Waals surface area contributed by atoms with Crippen LogP contribution in [0.25, 0.3) is 0 Å². The van der Waals surface area contributed by atoms with E-state index >= 15 is 0 Å². The van der Waals surface area contributed by atoms with Gasteiger partial charge >= 0.3 is 12.1 Å². The molecule has 0 spiro atoms. The molecule has 3 atom stereocenters. The number of esters is 1. The van der Waals surface area contributed by atoms with Gasteiger partial charge in [0.05, 0.1) is 22.0 Å². The lowest BCUT2D eigenvalue weighted by molar-refractivity contribution is -0.157. The highest BCUT2D eigenvalue weighted by atomic mass is 35.5. The van der Waals surface area contributed by atoms with Gasteiger partial charge in [-0.3, -0.25) is 14.3 Å². The third kappa shape index (κ3) is 9.58. The summed E-state index contributed by atoms with van der Waals surface area (Å²) in [6.45, 7) is 4.33. The molecule has 1 aliphatic rings. The van der Waals surface area contributed by atoms with E-state index in [1.807, 2.05) is 0 Å². The Labute approximate surface area is 217 Å². The maximum absolute atomic E-state index is 12.9. The Morgan fingerprint density at radius 3 is 2.37 bits per heavy atom. The predicted molar refractivity (Wildman–Crippen MR) is 136 cm³/mol. The average molecular weight is 552 g/mol. The molecule has 8 nitrogen and oxygen atoms in total. The van der Waals surface area contributed by atoms with Crippen molar-refractivity contribution in [2.45, 2.75) is 71.6 Å². The fourth-order valence-corrected chi connectivity index (χ4v) is 6.47. The number of aliphatic hydroxyl groups excluding tert-OH is 1. The van der Waals surface area contributed by atoms with Crippen LogP contribution in [0.2, 0.25) is 10.0 Å². The Balaban J connectivity index is 2.11. The number of halogens is 2. The summed E-state index contributed by atoms with van der Waals surface area (Å²) < 4.78 is 22.8. The minimum Gasteiger partial charge on any atom is -0.428 e. The van der Waals surface area contributed by atoms with Crippen LogP contribution in [0.1, 0.15) is 70.9 Å². The second kappa shape index (κ2) is 13.8. The minimum atomic E-state index is -3.49. The highest BCUT2D eigenvalue weighted by molar-refractivity contribution is 7.58. The van der Waals surface area contributed by atoms with Crippen molar-refractivity contribution in [1.82, 2.24) is 4.90 Å². The van der Waals surface area contributed by atoms with Crippen molar-refractivity contribution in [3.63, 3.8) is 0 Å². The lowest BCUT2D eigenvalue weighted by Gasteiger charge is -2.33. The molecule has 1 aromatic carbocycles. The number of amides is 1. The van der Waals surface area contributed by atoms with E-state index in [0.29, 0.717) is 10.6 Å². The summed E-state index contributed by atoms with van der Waals surface area (Å²) in [6, 6.07) is 4.08. The highest BCUT2D eigenvalue weighted by Gasteiger charge is 2.33. The van der Waals surface area contributed by atoms with E-state index in [9.17, 15) is 24.2 Å². The standard InChI is InChI=1S/C24H36Cl2NO7P/c1-16(2)23(29)33-15-34-24(30)27(17(3)19-9-10-20(25)21(26)13-19)22(28)11-12-35(31,32)14-18-7-5-4-6-8-18/h9-10,13,16-18,22,28H,4-8,11-12,14-15H2,1-3H3,(H,31,32)/t17-,22?/m1/s1. The van der Waals surface area contributed by atoms with Crippen molar-refractivity contribution in [1.29, 1.82) is 0 Å². The first-order valence-electron chi connectivity index (χ1n) is 12.0. The molecule has 1 fully saturated rings. The predicted octanol–water partition coefficient (Wildman–Crippen LogP) is 6.21. The van der Waals surface area contributed by atoms with E-state index in [1.165, 1.54) is 0 Å². The molecule has 0 heterocycles. The molecule has 198 valence electrons. The SMILES string of the molecule is CC(C)C(=O)OCOC(=O)N(C(O)CCP(=O)(O)CC1CCCCC1)[C@H](C)c1ccc(Cl)c(Cl)c1. The highest BCUT2D eigenvalue weighted by Crippen LogP contribution is 2.46. The zero-order chi connectivity index (χ0) is 26.2. The Kier molecular flexibility index (Phi) is 11.8. The molecule has 0 aliphatic heterocycles. The number of ether oxygens (including phenoxy) is 2. The van der Waals surface area contributed by atoms with Crippen LogP contribution >= 0.6 is 30.6 Å². The third-order valence-electron chi connectivity index (χ3n) is 6.24. The second-order valence-electron chi connectivity index (χ2n) is 9.43. The number of carbonyl (C=O) groups excluding carboxylic acids is 2. The lowest BCUT2D eigenvalue weighted by Crippen LogP contribution is -2.43. The van der Waals surface area contributed by atoms with Gasteiger partial charge in [0.25, 0.3) is 0 Å². The number of aliphatic hydroxyl groups is 1. The van der Waals surface area contributed by atoms with Crippen molar-refractivity contribution in [2.75, 3.05) is 19.1 Å². The smallest absolute Gasteiger partial charge is 0.415 e. The monoisotopic (exact) mass is 551 g/mol. The van der Waals surface area contributed by atoms with Crippen LogP contribution in [-0.4, -0.2) is 52.3 Å². The molecule has 1 aromatic rings. The third-order valence-corrected chi connectivity index (χ3v) is 9.02. The molecule has 2 unspecified atom stereocenters. The van der Waals surface area contributed by atoms with Gasteiger partial charge < -0.3 is 19.5 Å². The maximum atomic E-state index is 12.9. The summed E-state index contributed by atoms with van der Waals surface area (Å²) in [4.78, 5) is 36.2. The van der Waals surface area contributed by atoms with Crippen LogP contribution in [-0.2, 0) is 18.8 Å². The number of rotatable bonds is 11. The van der Waals surface area contributed by atoms with Gasteiger partial charge in [0.2, 0.25) is 14.2 Å². The number of nitrogens with zero attached hydrogens (tertiary/aromatic N) is 1. The summed E-state index contributed by atoms with van der Waals surface area (Å²) in [7, 11) is -3.49. The van der Waals surface area contributed by atoms with E-state index < -0.39 is 44.4 Å². The zero-order valence-electron chi connectivity index (χ0n) is 20.5. The summed E-state index contributed by atoms with van der Waals surface area (Å²) in [5.41, 5.74) is 0.573. The van der Waals surface area contributed by atoms with Crippen molar-refractivity contribution in [2.24, 2.45) is 11.8 Å². The fraction of sp³-hybridized carbons (Fsp3) is 0.667. The van der Waals surface area contributed by atoms with Crippen LogP contribution in [0.15, 0.2) is 18.2 Å². The maximum Gasteiger partial charge on any atom is 0.415 e. The summed E-state index contributed by atoms with van der Waals surface area (Å²) >= 11 is 12.1. The van der Waals surface area contributed by atoms with Crippen molar-refractivity contribution < 1.29 is 33.6 Å². The van der Waals surface area contributed by atoms with Crippen LogP contribution in [0.4, 0.5) is 4.79 Å². The van der Waals surface area contributed by atoms with E-state index in [1.54, 1.807) is 39.0 Å². The Morgan fingerprint density at radius 1 is 1.11 bits per heavy atom. The number of hydrogen-bond donors (Lipinski definition) is 2. The fourth-order valence-electron chi connectivity index (χ4n) is 4.17. The van der Waals surface area contributed by atoms with E-state index in [0.717, 1.165) is 37.0 Å². The topological polar surface area (TPSA) is 113 Å². The average Bonchev–Trinajstić information content (AvgIpc) is 2.80. The molecule has 1 aliphatic carbocycles.